The Kier molecular flexibility index (Phi) is 4.17. The Morgan fingerprint density at radius 1 is 1.38 bits per heavy atom. The van der Waals surface area contributed by atoms with Gasteiger partial charge in [0, 0.05) is 0 Å². The third kappa shape index (κ3) is 2.87. The number of unbranched alkanes of at least 4 members (excludes halogenated alkanes) is 1. The lowest BCUT2D eigenvalue weighted by atomic mass is 10.1. The normalized spacial score (nSPS) is 26.1. The molecule has 0 bridgehead atoms. The van der Waals surface area contributed by atoms with Gasteiger partial charge in [0.1, 0.15) is 0 Å². The van der Waals surface area contributed by atoms with Crippen molar-refractivity contribution < 1.29 is 9.53 Å². The van der Waals surface area contributed by atoms with Crippen LogP contribution in [0.3, 0.4) is 0 Å². The Hall–Kier alpha value is -0.790. The van der Waals surface area contributed by atoms with Crippen molar-refractivity contribution in [3.8, 4) is 0 Å². The Labute approximate surface area is 99.1 Å². The van der Waals surface area contributed by atoms with Crippen molar-refractivity contribution >= 4 is 5.97 Å². The van der Waals surface area contributed by atoms with Gasteiger partial charge in [0.25, 0.3) is 0 Å². The average molecular weight is 224 g/mol. The van der Waals surface area contributed by atoms with Crippen molar-refractivity contribution in [2.24, 2.45) is 17.3 Å². The summed E-state index contributed by atoms with van der Waals surface area (Å²) in [4.78, 5) is 11.8. The molecule has 0 aromatic heterocycles. The van der Waals surface area contributed by atoms with Crippen molar-refractivity contribution in [1.29, 1.82) is 0 Å². The van der Waals surface area contributed by atoms with E-state index in [1.54, 1.807) is 0 Å². The van der Waals surface area contributed by atoms with Crippen LogP contribution in [0.4, 0.5) is 0 Å². The molecular weight excluding hydrogens is 200 g/mol. The second-order valence-electron chi connectivity index (χ2n) is 5.59. The Balaban J connectivity index is 2.49. The van der Waals surface area contributed by atoms with E-state index in [1.165, 1.54) is 5.57 Å². The summed E-state index contributed by atoms with van der Waals surface area (Å²) in [7, 11) is 0. The molecule has 0 aliphatic heterocycles. The van der Waals surface area contributed by atoms with Gasteiger partial charge < -0.3 is 4.74 Å². The molecule has 1 fully saturated rings. The molecule has 0 unspecified atom stereocenters. The number of hydrogen-bond acceptors (Lipinski definition) is 2. The fourth-order valence-electron chi connectivity index (χ4n) is 2.20. The lowest BCUT2D eigenvalue weighted by Gasteiger charge is -2.04. The molecule has 0 aromatic carbocycles. The molecule has 1 rings (SSSR count). The molecule has 1 aliphatic rings. The van der Waals surface area contributed by atoms with E-state index in [2.05, 4.69) is 40.7 Å². The standard InChI is InChI=1S/C14H24O2/c1-6-7-8-16-13(15)12-11(9-10(2)3)14(12,4)5/h9,11-12H,6-8H2,1-5H3/t11-,12-/m0/s1. The van der Waals surface area contributed by atoms with E-state index >= 15 is 0 Å². The number of esters is 1. The molecule has 1 aliphatic carbocycles. The third-order valence-corrected chi connectivity index (χ3v) is 3.42. The highest BCUT2D eigenvalue weighted by Gasteiger charge is 2.61. The molecule has 0 heterocycles. The summed E-state index contributed by atoms with van der Waals surface area (Å²) in [5, 5.41) is 0. The van der Waals surface area contributed by atoms with Crippen molar-refractivity contribution in [3.05, 3.63) is 11.6 Å². The first-order chi connectivity index (χ1) is 7.41. The lowest BCUT2D eigenvalue weighted by molar-refractivity contribution is -0.146. The van der Waals surface area contributed by atoms with Gasteiger partial charge in [0.2, 0.25) is 0 Å². The predicted molar refractivity (Wildman–Crippen MR) is 66.1 cm³/mol. The predicted octanol–water partition coefficient (Wildman–Crippen LogP) is 3.57. The number of carbonyl (C=O) groups is 1. The van der Waals surface area contributed by atoms with Crippen LogP contribution in [0.5, 0.6) is 0 Å². The van der Waals surface area contributed by atoms with E-state index in [0.717, 1.165) is 12.8 Å². The van der Waals surface area contributed by atoms with E-state index < -0.39 is 0 Å². The maximum Gasteiger partial charge on any atom is 0.310 e. The largest absolute Gasteiger partial charge is 0.465 e. The van der Waals surface area contributed by atoms with Crippen LogP contribution >= 0.6 is 0 Å². The summed E-state index contributed by atoms with van der Waals surface area (Å²) in [6.07, 6.45) is 4.23. The quantitative estimate of drug-likeness (QED) is 0.405. The monoisotopic (exact) mass is 224 g/mol. The van der Waals surface area contributed by atoms with Crippen molar-refractivity contribution in [1.82, 2.24) is 0 Å². The zero-order chi connectivity index (χ0) is 12.3. The highest BCUT2D eigenvalue weighted by atomic mass is 16.5. The van der Waals surface area contributed by atoms with Crippen LogP contribution in [-0.4, -0.2) is 12.6 Å². The molecule has 92 valence electrons. The number of hydrogen-bond donors (Lipinski definition) is 0. The second-order valence-corrected chi connectivity index (χ2v) is 5.59. The minimum Gasteiger partial charge on any atom is -0.465 e. The van der Waals surface area contributed by atoms with E-state index in [-0.39, 0.29) is 17.3 Å². The summed E-state index contributed by atoms with van der Waals surface area (Å²) in [5.74, 6) is 0.423. The van der Waals surface area contributed by atoms with Gasteiger partial charge in [-0.25, -0.2) is 0 Å². The number of rotatable bonds is 5. The molecule has 0 aromatic rings. The van der Waals surface area contributed by atoms with Crippen molar-refractivity contribution in [2.75, 3.05) is 6.61 Å². The summed E-state index contributed by atoms with van der Waals surface area (Å²) in [5.41, 5.74) is 1.36. The second kappa shape index (κ2) is 5.03. The zero-order valence-electron chi connectivity index (χ0n) is 11.2. The fourth-order valence-corrected chi connectivity index (χ4v) is 2.20. The Morgan fingerprint density at radius 3 is 2.50 bits per heavy atom. The van der Waals surface area contributed by atoms with E-state index in [0.29, 0.717) is 12.5 Å². The molecule has 0 spiro atoms. The van der Waals surface area contributed by atoms with Crippen LogP contribution in [0, 0.1) is 17.3 Å². The minimum atomic E-state index is -0.0130. The molecule has 0 radical (unpaired) electrons. The van der Waals surface area contributed by atoms with Gasteiger partial charge in [-0.3, -0.25) is 4.79 Å². The molecular formula is C14H24O2. The van der Waals surface area contributed by atoms with E-state index in [1.807, 2.05) is 0 Å². The van der Waals surface area contributed by atoms with Gasteiger partial charge >= 0.3 is 5.97 Å². The van der Waals surface area contributed by atoms with E-state index in [9.17, 15) is 4.79 Å². The van der Waals surface area contributed by atoms with Gasteiger partial charge in [0.05, 0.1) is 12.5 Å². The smallest absolute Gasteiger partial charge is 0.310 e. The molecule has 16 heavy (non-hydrogen) atoms. The molecule has 0 N–H and O–H groups in total. The van der Waals surface area contributed by atoms with Gasteiger partial charge in [0.15, 0.2) is 0 Å². The van der Waals surface area contributed by atoms with Gasteiger partial charge in [-0.15, -0.1) is 0 Å². The van der Waals surface area contributed by atoms with Crippen LogP contribution in [-0.2, 0) is 9.53 Å². The van der Waals surface area contributed by atoms with Crippen LogP contribution in [0.15, 0.2) is 11.6 Å². The third-order valence-electron chi connectivity index (χ3n) is 3.42. The summed E-state index contributed by atoms with van der Waals surface area (Å²) in [6.45, 7) is 11.1. The van der Waals surface area contributed by atoms with Crippen molar-refractivity contribution in [2.45, 2.75) is 47.5 Å². The van der Waals surface area contributed by atoms with Gasteiger partial charge in [-0.05, 0) is 31.6 Å². The van der Waals surface area contributed by atoms with Crippen LogP contribution < -0.4 is 0 Å². The molecule has 0 amide bonds. The molecule has 2 heteroatoms. The molecule has 1 saturated carbocycles. The van der Waals surface area contributed by atoms with Gasteiger partial charge in [-0.2, -0.15) is 0 Å². The Morgan fingerprint density at radius 2 is 2.00 bits per heavy atom. The summed E-state index contributed by atoms with van der Waals surface area (Å²) in [6, 6.07) is 0. The van der Waals surface area contributed by atoms with Crippen LogP contribution in [0.1, 0.15) is 47.5 Å². The highest BCUT2D eigenvalue weighted by molar-refractivity contribution is 5.78. The first-order valence-electron chi connectivity index (χ1n) is 6.23. The number of ether oxygens (including phenoxy) is 1. The summed E-state index contributed by atoms with van der Waals surface area (Å²) < 4.78 is 5.29. The lowest BCUT2D eigenvalue weighted by Crippen LogP contribution is -2.11. The average Bonchev–Trinajstić information content (AvgIpc) is 2.67. The first-order valence-corrected chi connectivity index (χ1v) is 6.23. The maximum absolute atomic E-state index is 11.8. The summed E-state index contributed by atoms with van der Waals surface area (Å²) >= 11 is 0. The van der Waals surface area contributed by atoms with E-state index in [4.69, 9.17) is 4.74 Å². The number of carbonyl (C=O) groups excluding carboxylic acids is 1. The minimum absolute atomic E-state index is 0.0130. The van der Waals surface area contributed by atoms with Crippen LogP contribution in [0.25, 0.3) is 0 Å². The zero-order valence-corrected chi connectivity index (χ0v) is 11.2. The Bertz CT molecular complexity index is 285. The maximum atomic E-state index is 11.8. The fraction of sp³-hybridized carbons (Fsp3) is 0.786. The topological polar surface area (TPSA) is 26.3 Å². The van der Waals surface area contributed by atoms with Gasteiger partial charge in [-0.1, -0.05) is 38.8 Å². The number of allylic oxidation sites excluding steroid dienone is 2. The van der Waals surface area contributed by atoms with Crippen LogP contribution in [0.2, 0.25) is 0 Å². The molecule has 2 atom stereocenters. The van der Waals surface area contributed by atoms with Crippen molar-refractivity contribution in [3.63, 3.8) is 0 Å². The molecule has 2 nitrogen and oxygen atoms in total. The first kappa shape index (κ1) is 13.3. The molecule has 0 saturated heterocycles. The highest BCUT2D eigenvalue weighted by Crippen LogP contribution is 2.59. The SMILES string of the molecule is CCCCOC(=O)[C@@H]1[C@H](C=C(C)C)C1(C)C.